The molecule has 5 heteroatoms. The monoisotopic (exact) mass is 276 g/mol. The van der Waals surface area contributed by atoms with E-state index in [4.69, 9.17) is 4.74 Å². The molecule has 0 bridgehead atoms. The lowest BCUT2D eigenvalue weighted by Crippen LogP contribution is -2.33. The van der Waals surface area contributed by atoms with Gasteiger partial charge in [-0.2, -0.15) is 0 Å². The highest BCUT2D eigenvalue weighted by Gasteiger charge is 2.31. The molecule has 4 nitrogen and oxygen atoms in total. The van der Waals surface area contributed by atoms with E-state index in [0.717, 1.165) is 29.9 Å². The molecule has 2 heterocycles. The van der Waals surface area contributed by atoms with E-state index in [1.807, 2.05) is 23.1 Å². The summed E-state index contributed by atoms with van der Waals surface area (Å²) in [6, 6.07) is 8.24. The van der Waals surface area contributed by atoms with E-state index >= 15 is 0 Å². The van der Waals surface area contributed by atoms with Crippen LogP contribution in [0.25, 0.3) is 10.2 Å². The molecule has 1 aromatic heterocycles. The van der Waals surface area contributed by atoms with E-state index in [2.05, 4.69) is 11.1 Å². The molecule has 1 unspecified atom stereocenters. The second-order valence-corrected chi connectivity index (χ2v) is 5.76. The molecule has 1 amide bonds. The van der Waals surface area contributed by atoms with Crippen LogP contribution < -0.4 is 0 Å². The van der Waals surface area contributed by atoms with Crippen molar-refractivity contribution in [3.8, 4) is 0 Å². The number of amides is 1. The van der Waals surface area contributed by atoms with Crippen LogP contribution in [0.3, 0.4) is 0 Å². The first-order valence-corrected chi connectivity index (χ1v) is 7.25. The molecule has 1 aliphatic rings. The Hall–Kier alpha value is -1.46. The molecule has 19 heavy (non-hydrogen) atoms. The Morgan fingerprint density at radius 1 is 1.53 bits per heavy atom. The zero-order chi connectivity index (χ0) is 13.2. The second-order valence-electron chi connectivity index (χ2n) is 4.70. The predicted octanol–water partition coefficient (Wildman–Crippen LogP) is 2.61. The van der Waals surface area contributed by atoms with Crippen molar-refractivity contribution >= 4 is 27.5 Å². The van der Waals surface area contributed by atoms with E-state index in [9.17, 15) is 4.79 Å². The van der Waals surface area contributed by atoms with Crippen LogP contribution in [-0.2, 0) is 9.53 Å². The average Bonchev–Trinajstić information content (AvgIpc) is 3.05. The minimum Gasteiger partial charge on any atom is -0.375 e. The third kappa shape index (κ3) is 2.35. The molecule has 0 saturated carbocycles. The number of hydrogen-bond acceptors (Lipinski definition) is 4. The van der Waals surface area contributed by atoms with Gasteiger partial charge in [-0.25, -0.2) is 4.98 Å². The standard InChI is InChI=1S/C14H16N2O2S/c1-18-9-13(17)16-8-4-6-11(16)14-15-10-5-2-3-7-12(10)19-14/h2-3,5,7,11H,4,6,8-9H2,1H3. The van der Waals surface area contributed by atoms with Gasteiger partial charge in [0.15, 0.2) is 0 Å². The summed E-state index contributed by atoms with van der Waals surface area (Å²) in [5.74, 6) is 0.0595. The lowest BCUT2D eigenvalue weighted by molar-refractivity contribution is -0.136. The number of rotatable bonds is 3. The van der Waals surface area contributed by atoms with Gasteiger partial charge >= 0.3 is 0 Å². The number of nitrogens with zero attached hydrogens (tertiary/aromatic N) is 2. The summed E-state index contributed by atoms with van der Waals surface area (Å²) in [6.45, 7) is 0.962. The van der Waals surface area contributed by atoms with Crippen molar-refractivity contribution in [3.05, 3.63) is 29.3 Å². The Kier molecular flexibility index (Phi) is 3.48. The van der Waals surface area contributed by atoms with Crippen molar-refractivity contribution in [1.82, 2.24) is 9.88 Å². The number of hydrogen-bond donors (Lipinski definition) is 0. The van der Waals surface area contributed by atoms with Crippen LogP contribution in [0, 0.1) is 0 Å². The number of benzene rings is 1. The maximum atomic E-state index is 12.0. The number of aromatic nitrogens is 1. The first-order chi connectivity index (χ1) is 9.29. The number of likely N-dealkylation sites (tertiary alicyclic amines) is 1. The van der Waals surface area contributed by atoms with Crippen LogP contribution >= 0.6 is 11.3 Å². The fourth-order valence-electron chi connectivity index (χ4n) is 2.56. The smallest absolute Gasteiger partial charge is 0.249 e. The largest absolute Gasteiger partial charge is 0.375 e. The van der Waals surface area contributed by atoms with E-state index in [-0.39, 0.29) is 18.6 Å². The van der Waals surface area contributed by atoms with Crippen molar-refractivity contribution in [2.45, 2.75) is 18.9 Å². The molecule has 0 spiro atoms. The van der Waals surface area contributed by atoms with E-state index < -0.39 is 0 Å². The van der Waals surface area contributed by atoms with E-state index in [1.165, 1.54) is 4.70 Å². The number of fused-ring (bicyclic) bond motifs is 1. The minimum absolute atomic E-state index is 0.0595. The molecule has 1 atom stereocenters. The molecule has 0 radical (unpaired) electrons. The normalized spacial score (nSPS) is 19.2. The maximum absolute atomic E-state index is 12.0. The second kappa shape index (κ2) is 5.27. The van der Waals surface area contributed by atoms with Crippen LogP contribution in [0.15, 0.2) is 24.3 Å². The zero-order valence-electron chi connectivity index (χ0n) is 10.8. The lowest BCUT2D eigenvalue weighted by atomic mass is 10.2. The molecular weight excluding hydrogens is 260 g/mol. The van der Waals surface area contributed by atoms with Crippen molar-refractivity contribution in [2.75, 3.05) is 20.3 Å². The van der Waals surface area contributed by atoms with Crippen LogP contribution in [0.5, 0.6) is 0 Å². The average molecular weight is 276 g/mol. The molecule has 0 N–H and O–H groups in total. The van der Waals surface area contributed by atoms with Crippen molar-refractivity contribution in [1.29, 1.82) is 0 Å². The molecular formula is C14H16N2O2S. The summed E-state index contributed by atoms with van der Waals surface area (Å²) in [7, 11) is 1.56. The molecule has 1 aliphatic heterocycles. The molecule has 1 fully saturated rings. The summed E-state index contributed by atoms with van der Waals surface area (Å²) in [5, 5.41) is 1.04. The summed E-state index contributed by atoms with van der Waals surface area (Å²) in [4.78, 5) is 18.6. The van der Waals surface area contributed by atoms with Crippen LogP contribution in [0.1, 0.15) is 23.9 Å². The molecule has 0 aliphatic carbocycles. The molecule has 1 aromatic carbocycles. The van der Waals surface area contributed by atoms with Gasteiger partial charge in [-0.15, -0.1) is 11.3 Å². The number of thiazole rings is 1. The van der Waals surface area contributed by atoms with Crippen LogP contribution in [-0.4, -0.2) is 36.1 Å². The number of carbonyl (C=O) groups is 1. The predicted molar refractivity (Wildman–Crippen MR) is 75.2 cm³/mol. The van der Waals surface area contributed by atoms with Gasteiger partial charge in [0, 0.05) is 13.7 Å². The fraction of sp³-hybridized carbons (Fsp3) is 0.429. The highest BCUT2D eigenvalue weighted by atomic mass is 32.1. The quantitative estimate of drug-likeness (QED) is 0.865. The van der Waals surface area contributed by atoms with Crippen molar-refractivity contribution in [2.24, 2.45) is 0 Å². The highest BCUT2D eigenvalue weighted by Crippen LogP contribution is 2.36. The zero-order valence-corrected chi connectivity index (χ0v) is 11.7. The molecule has 3 rings (SSSR count). The van der Waals surface area contributed by atoms with Crippen LogP contribution in [0.2, 0.25) is 0 Å². The van der Waals surface area contributed by atoms with Crippen LogP contribution in [0.4, 0.5) is 0 Å². The minimum atomic E-state index is 0.0595. The van der Waals surface area contributed by atoms with E-state index in [0.29, 0.717) is 0 Å². The van der Waals surface area contributed by atoms with Gasteiger partial charge in [0.1, 0.15) is 11.6 Å². The first-order valence-electron chi connectivity index (χ1n) is 6.43. The van der Waals surface area contributed by atoms with Gasteiger partial charge in [0.25, 0.3) is 0 Å². The van der Waals surface area contributed by atoms with Gasteiger partial charge in [0.2, 0.25) is 5.91 Å². The van der Waals surface area contributed by atoms with Gasteiger partial charge in [-0.3, -0.25) is 4.79 Å². The van der Waals surface area contributed by atoms with Gasteiger partial charge < -0.3 is 9.64 Å². The third-order valence-electron chi connectivity index (χ3n) is 3.44. The fourth-order valence-corrected chi connectivity index (χ4v) is 3.68. The summed E-state index contributed by atoms with van der Waals surface area (Å²) < 4.78 is 6.13. The third-order valence-corrected chi connectivity index (χ3v) is 4.57. The maximum Gasteiger partial charge on any atom is 0.249 e. The number of carbonyl (C=O) groups excluding carboxylic acids is 1. The van der Waals surface area contributed by atoms with E-state index in [1.54, 1.807) is 18.4 Å². The lowest BCUT2D eigenvalue weighted by Gasteiger charge is -2.22. The Bertz CT molecular complexity index is 563. The topological polar surface area (TPSA) is 42.4 Å². The molecule has 100 valence electrons. The number of ether oxygens (including phenoxy) is 1. The van der Waals surface area contributed by atoms with Gasteiger partial charge in [-0.05, 0) is 25.0 Å². The number of methoxy groups -OCH3 is 1. The number of para-hydroxylation sites is 1. The Balaban J connectivity index is 1.89. The summed E-state index contributed by atoms with van der Waals surface area (Å²) >= 11 is 1.69. The Labute approximate surface area is 116 Å². The molecule has 2 aromatic rings. The Morgan fingerprint density at radius 2 is 2.37 bits per heavy atom. The van der Waals surface area contributed by atoms with Gasteiger partial charge in [0.05, 0.1) is 16.3 Å². The summed E-state index contributed by atoms with van der Waals surface area (Å²) in [6.07, 6.45) is 2.03. The molecule has 1 saturated heterocycles. The van der Waals surface area contributed by atoms with Crippen molar-refractivity contribution < 1.29 is 9.53 Å². The SMILES string of the molecule is COCC(=O)N1CCCC1c1nc2ccccc2s1. The van der Waals surface area contributed by atoms with Crippen molar-refractivity contribution in [3.63, 3.8) is 0 Å². The Morgan fingerprint density at radius 3 is 3.16 bits per heavy atom. The summed E-state index contributed by atoms with van der Waals surface area (Å²) in [5.41, 5.74) is 1.02. The highest BCUT2D eigenvalue weighted by molar-refractivity contribution is 7.18. The van der Waals surface area contributed by atoms with Gasteiger partial charge in [-0.1, -0.05) is 12.1 Å². The first kappa shape index (κ1) is 12.6.